The Morgan fingerprint density at radius 3 is 2.36 bits per heavy atom. The molecule has 0 saturated heterocycles. The van der Waals surface area contributed by atoms with Crippen LogP contribution in [-0.2, 0) is 0 Å². The van der Waals surface area contributed by atoms with Crippen molar-refractivity contribution in [2.45, 2.75) is 13.8 Å². The van der Waals surface area contributed by atoms with Crippen molar-refractivity contribution >= 4 is 17.4 Å². The normalized spacial score (nSPS) is 9.96. The van der Waals surface area contributed by atoms with Crippen LogP contribution < -0.4 is 20.8 Å². The Morgan fingerprint density at radius 1 is 1.16 bits per heavy atom. The minimum atomic E-state index is -0.683. The number of anilines is 1. The van der Waals surface area contributed by atoms with Crippen LogP contribution in [0.1, 0.15) is 25.0 Å². The Hall–Kier alpha value is -3.16. The summed E-state index contributed by atoms with van der Waals surface area (Å²) in [4.78, 5) is 14.3. The van der Waals surface area contributed by atoms with Gasteiger partial charge < -0.3 is 20.2 Å². The highest BCUT2D eigenvalue weighted by Crippen LogP contribution is 2.41. The number of nitrogen functional groups attached to an aromatic ring is 1. The number of pyridine rings is 1. The molecule has 0 radical (unpaired) electrons. The Bertz CT molecular complexity index is 954. The van der Waals surface area contributed by atoms with Gasteiger partial charge in [0.2, 0.25) is 0 Å². The third-order valence-electron chi connectivity index (χ3n) is 3.35. The Morgan fingerprint density at radius 2 is 1.80 bits per heavy atom. The van der Waals surface area contributed by atoms with Crippen molar-refractivity contribution in [3.8, 4) is 34.8 Å². The molecule has 2 rings (SSSR count). The molecule has 25 heavy (non-hydrogen) atoms. The number of halogens is 1. The molecule has 0 aliphatic rings. The zero-order valence-electron chi connectivity index (χ0n) is 13.6. The van der Waals surface area contributed by atoms with Crippen molar-refractivity contribution in [3.05, 3.63) is 38.6 Å². The van der Waals surface area contributed by atoms with Gasteiger partial charge in [-0.2, -0.15) is 10.5 Å². The van der Waals surface area contributed by atoms with E-state index >= 15 is 0 Å². The van der Waals surface area contributed by atoms with Crippen LogP contribution in [0.4, 0.5) is 5.82 Å². The Labute approximate surface area is 149 Å². The third-order valence-corrected chi connectivity index (χ3v) is 3.64. The molecule has 2 aromatic rings. The summed E-state index contributed by atoms with van der Waals surface area (Å²) in [6.07, 6.45) is 0. The largest absolute Gasteiger partial charge is 0.490 e. The number of aromatic nitrogens is 1. The monoisotopic (exact) mass is 358 g/mol. The zero-order chi connectivity index (χ0) is 18.6. The number of aromatic amines is 1. The summed E-state index contributed by atoms with van der Waals surface area (Å²) in [5.41, 5.74) is 5.28. The van der Waals surface area contributed by atoms with E-state index in [0.717, 1.165) is 0 Å². The molecule has 1 aromatic carbocycles. The van der Waals surface area contributed by atoms with Gasteiger partial charge in [-0.3, -0.25) is 4.79 Å². The third kappa shape index (κ3) is 3.37. The number of H-pyrrole nitrogens is 1. The zero-order valence-corrected chi connectivity index (χ0v) is 14.4. The standard InChI is InChI=1S/C17H15ClN4O3/c1-3-24-13-6-9(5-12(18)15(13)25-4-2)14-10(7-19)16(21)22-17(23)11(14)8-20/h5-6H,3-4H2,1-2H3,(H3,21,22,23). The summed E-state index contributed by atoms with van der Waals surface area (Å²) in [6, 6.07) is 6.79. The average molecular weight is 359 g/mol. The van der Waals surface area contributed by atoms with Gasteiger partial charge in [0, 0.05) is 5.56 Å². The lowest BCUT2D eigenvalue weighted by molar-refractivity contribution is 0.288. The summed E-state index contributed by atoms with van der Waals surface area (Å²) in [5, 5.41) is 19.0. The maximum absolute atomic E-state index is 12.0. The van der Waals surface area contributed by atoms with E-state index < -0.39 is 5.56 Å². The maximum Gasteiger partial charge on any atom is 0.268 e. The second kappa shape index (κ2) is 7.61. The van der Waals surface area contributed by atoms with Crippen LogP contribution in [0, 0.1) is 22.7 Å². The molecule has 0 aliphatic heterocycles. The molecular formula is C17H15ClN4O3. The molecule has 0 amide bonds. The molecule has 7 nitrogen and oxygen atoms in total. The second-order valence-corrected chi connectivity index (χ2v) is 5.27. The molecule has 0 atom stereocenters. The van der Waals surface area contributed by atoms with Crippen LogP contribution in [0.15, 0.2) is 16.9 Å². The van der Waals surface area contributed by atoms with Gasteiger partial charge in [0.15, 0.2) is 11.5 Å². The second-order valence-electron chi connectivity index (χ2n) is 4.87. The molecule has 3 N–H and O–H groups in total. The molecule has 1 heterocycles. The van der Waals surface area contributed by atoms with Crippen LogP contribution >= 0.6 is 11.6 Å². The minimum Gasteiger partial charge on any atom is -0.490 e. The molecule has 0 bridgehead atoms. The fourth-order valence-corrected chi connectivity index (χ4v) is 2.66. The number of nitrogens with one attached hydrogen (secondary N) is 1. The van der Waals surface area contributed by atoms with Gasteiger partial charge in [-0.05, 0) is 31.5 Å². The Balaban J connectivity index is 2.86. The maximum atomic E-state index is 12.0. The SMILES string of the molecule is CCOc1cc(-c2c(C#N)c(N)[nH]c(=O)c2C#N)cc(Cl)c1OCC. The van der Waals surface area contributed by atoms with Crippen molar-refractivity contribution < 1.29 is 9.47 Å². The lowest BCUT2D eigenvalue weighted by Gasteiger charge is -2.15. The number of hydrogen-bond acceptors (Lipinski definition) is 6. The quantitative estimate of drug-likeness (QED) is 0.846. The van der Waals surface area contributed by atoms with Crippen molar-refractivity contribution in [1.29, 1.82) is 10.5 Å². The van der Waals surface area contributed by atoms with Gasteiger partial charge >= 0.3 is 0 Å². The molecule has 0 fully saturated rings. The average Bonchev–Trinajstić information content (AvgIpc) is 2.57. The van der Waals surface area contributed by atoms with E-state index in [1.54, 1.807) is 19.9 Å². The van der Waals surface area contributed by atoms with Gasteiger partial charge in [-0.15, -0.1) is 0 Å². The predicted octanol–water partition coefficient (Wildman–Crippen LogP) is 2.82. The first-order valence-corrected chi connectivity index (χ1v) is 7.81. The van der Waals surface area contributed by atoms with Gasteiger partial charge in [0.25, 0.3) is 5.56 Å². The van der Waals surface area contributed by atoms with E-state index in [2.05, 4.69) is 4.98 Å². The highest BCUT2D eigenvalue weighted by atomic mass is 35.5. The molecule has 1 aromatic heterocycles. The first kappa shape index (κ1) is 18.2. The highest BCUT2D eigenvalue weighted by Gasteiger charge is 2.21. The first-order chi connectivity index (χ1) is 12.0. The van der Waals surface area contributed by atoms with Gasteiger partial charge in [0.05, 0.1) is 18.2 Å². The van der Waals surface area contributed by atoms with Crippen LogP contribution in [0.5, 0.6) is 11.5 Å². The van der Waals surface area contributed by atoms with Crippen LogP contribution in [0.3, 0.4) is 0 Å². The molecule has 0 aliphatic carbocycles. The van der Waals surface area contributed by atoms with Crippen molar-refractivity contribution in [3.63, 3.8) is 0 Å². The van der Waals surface area contributed by atoms with Gasteiger partial charge in [-0.1, -0.05) is 11.6 Å². The van der Waals surface area contributed by atoms with Gasteiger partial charge in [0.1, 0.15) is 29.1 Å². The fraction of sp³-hybridized carbons (Fsp3) is 0.235. The van der Waals surface area contributed by atoms with E-state index in [9.17, 15) is 15.3 Å². The van der Waals surface area contributed by atoms with E-state index in [0.29, 0.717) is 30.3 Å². The molecule has 0 spiro atoms. The van der Waals surface area contributed by atoms with E-state index in [1.165, 1.54) is 6.07 Å². The smallest absolute Gasteiger partial charge is 0.268 e. The number of rotatable bonds is 5. The number of nitrogens with zero attached hydrogens (tertiary/aromatic N) is 2. The minimum absolute atomic E-state index is 0.0150. The molecular weight excluding hydrogens is 344 g/mol. The topological polar surface area (TPSA) is 125 Å². The van der Waals surface area contributed by atoms with E-state index in [-0.39, 0.29) is 27.5 Å². The molecule has 128 valence electrons. The van der Waals surface area contributed by atoms with Crippen molar-refractivity contribution in [1.82, 2.24) is 4.98 Å². The Kier molecular flexibility index (Phi) is 5.53. The summed E-state index contributed by atoms with van der Waals surface area (Å²) in [5.74, 6) is 0.576. The van der Waals surface area contributed by atoms with Crippen LogP contribution in [-0.4, -0.2) is 18.2 Å². The van der Waals surface area contributed by atoms with E-state index in [1.807, 2.05) is 12.1 Å². The summed E-state index contributed by atoms with van der Waals surface area (Å²) >= 11 is 6.28. The van der Waals surface area contributed by atoms with Crippen LogP contribution in [0.2, 0.25) is 5.02 Å². The van der Waals surface area contributed by atoms with Gasteiger partial charge in [-0.25, -0.2) is 0 Å². The molecule has 0 unspecified atom stereocenters. The highest BCUT2D eigenvalue weighted by molar-refractivity contribution is 6.32. The molecule has 0 saturated carbocycles. The number of benzene rings is 1. The number of nitrogens with two attached hydrogens (primary N) is 1. The fourth-order valence-electron chi connectivity index (χ4n) is 2.39. The number of ether oxygens (including phenoxy) is 2. The molecule has 8 heteroatoms. The van der Waals surface area contributed by atoms with Crippen LogP contribution in [0.25, 0.3) is 11.1 Å². The first-order valence-electron chi connectivity index (χ1n) is 7.43. The lowest BCUT2D eigenvalue weighted by Crippen LogP contribution is -2.16. The van der Waals surface area contributed by atoms with Crippen molar-refractivity contribution in [2.75, 3.05) is 18.9 Å². The lowest BCUT2D eigenvalue weighted by atomic mass is 9.96. The van der Waals surface area contributed by atoms with Crippen molar-refractivity contribution in [2.24, 2.45) is 0 Å². The predicted molar refractivity (Wildman–Crippen MR) is 93.7 cm³/mol. The summed E-state index contributed by atoms with van der Waals surface area (Å²) < 4.78 is 11.0. The summed E-state index contributed by atoms with van der Waals surface area (Å²) in [7, 11) is 0. The number of nitriles is 2. The number of hydrogen-bond donors (Lipinski definition) is 2. The van der Waals surface area contributed by atoms with E-state index in [4.69, 9.17) is 26.8 Å². The summed E-state index contributed by atoms with van der Waals surface area (Å²) in [6.45, 7) is 4.33.